The van der Waals surface area contributed by atoms with Crippen LogP contribution >= 0.6 is 0 Å². The Kier molecular flexibility index (Phi) is 5.51. The van der Waals surface area contributed by atoms with Gasteiger partial charge in [0.25, 0.3) is 5.69 Å². The summed E-state index contributed by atoms with van der Waals surface area (Å²) in [5.74, 6) is 0. The number of carbonyl (C=O) groups excluding carboxylic acids is 1. The number of benzene rings is 1. The number of rotatable bonds is 5. The fraction of sp³-hybridized carbons (Fsp3) is 0.500. The topological polar surface area (TPSA) is 93.5 Å². The fourth-order valence-electron chi connectivity index (χ4n) is 2.18. The molecule has 7 nitrogen and oxygen atoms in total. The standard InChI is InChI=1S/C14H19N3O4/c18-14(16-12-6-9-21-10-7-12)15-8-5-11-1-3-13(4-2-11)17(19)20/h1-4,12H,5-10H2,(H2,15,16,18). The molecule has 2 amide bonds. The molecule has 2 rings (SSSR count). The number of nitro benzene ring substituents is 1. The number of urea groups is 1. The Hall–Kier alpha value is -2.15. The van der Waals surface area contributed by atoms with E-state index in [-0.39, 0.29) is 17.8 Å². The minimum absolute atomic E-state index is 0.0731. The minimum Gasteiger partial charge on any atom is -0.381 e. The summed E-state index contributed by atoms with van der Waals surface area (Å²) < 4.78 is 5.23. The van der Waals surface area contributed by atoms with E-state index in [2.05, 4.69) is 10.6 Å². The highest BCUT2D eigenvalue weighted by Gasteiger charge is 2.15. The number of nitro groups is 1. The molecule has 2 N–H and O–H groups in total. The van der Waals surface area contributed by atoms with Gasteiger partial charge in [-0.25, -0.2) is 4.79 Å². The summed E-state index contributed by atoms with van der Waals surface area (Å²) >= 11 is 0. The van der Waals surface area contributed by atoms with Crippen molar-refractivity contribution in [1.29, 1.82) is 0 Å². The third-order valence-corrected chi connectivity index (χ3v) is 3.40. The number of nitrogens with one attached hydrogen (secondary N) is 2. The van der Waals surface area contributed by atoms with Crippen LogP contribution in [0.15, 0.2) is 24.3 Å². The van der Waals surface area contributed by atoms with E-state index in [1.165, 1.54) is 12.1 Å². The van der Waals surface area contributed by atoms with Crippen LogP contribution in [-0.2, 0) is 11.2 Å². The van der Waals surface area contributed by atoms with Crippen molar-refractivity contribution in [1.82, 2.24) is 10.6 Å². The van der Waals surface area contributed by atoms with Crippen molar-refractivity contribution in [2.24, 2.45) is 0 Å². The molecule has 0 saturated carbocycles. The smallest absolute Gasteiger partial charge is 0.315 e. The van der Waals surface area contributed by atoms with Gasteiger partial charge in [-0.2, -0.15) is 0 Å². The number of amides is 2. The van der Waals surface area contributed by atoms with Crippen molar-refractivity contribution >= 4 is 11.7 Å². The van der Waals surface area contributed by atoms with Crippen molar-refractivity contribution in [2.45, 2.75) is 25.3 Å². The maximum Gasteiger partial charge on any atom is 0.315 e. The minimum atomic E-state index is -0.427. The number of non-ortho nitro benzene ring substituents is 1. The van der Waals surface area contributed by atoms with Crippen molar-refractivity contribution in [3.8, 4) is 0 Å². The van der Waals surface area contributed by atoms with Crippen molar-refractivity contribution in [2.75, 3.05) is 19.8 Å². The quantitative estimate of drug-likeness (QED) is 0.637. The Morgan fingerprint density at radius 1 is 1.29 bits per heavy atom. The van der Waals surface area contributed by atoms with E-state index >= 15 is 0 Å². The summed E-state index contributed by atoms with van der Waals surface area (Å²) in [7, 11) is 0. The maximum absolute atomic E-state index is 11.7. The predicted octanol–water partition coefficient (Wildman–Crippen LogP) is 1.62. The van der Waals surface area contributed by atoms with E-state index in [0.717, 1.165) is 18.4 Å². The number of carbonyl (C=O) groups is 1. The van der Waals surface area contributed by atoms with Gasteiger partial charge >= 0.3 is 6.03 Å². The van der Waals surface area contributed by atoms with Gasteiger partial charge < -0.3 is 15.4 Å². The molecule has 1 heterocycles. The van der Waals surface area contributed by atoms with Gasteiger partial charge in [-0.3, -0.25) is 10.1 Å². The van der Waals surface area contributed by atoms with E-state index in [1.54, 1.807) is 12.1 Å². The third kappa shape index (κ3) is 5.03. The molecule has 1 aliphatic rings. The molecule has 0 aromatic heterocycles. The molecule has 21 heavy (non-hydrogen) atoms. The zero-order valence-corrected chi connectivity index (χ0v) is 11.7. The first-order valence-corrected chi connectivity index (χ1v) is 7.00. The second-order valence-corrected chi connectivity index (χ2v) is 4.96. The molecule has 1 fully saturated rings. The van der Waals surface area contributed by atoms with E-state index in [0.29, 0.717) is 26.2 Å². The summed E-state index contributed by atoms with van der Waals surface area (Å²) in [6.07, 6.45) is 2.32. The van der Waals surface area contributed by atoms with Crippen LogP contribution in [0.1, 0.15) is 18.4 Å². The molecule has 7 heteroatoms. The van der Waals surface area contributed by atoms with Crippen molar-refractivity contribution in [3.05, 3.63) is 39.9 Å². The van der Waals surface area contributed by atoms with Crippen LogP contribution in [0.25, 0.3) is 0 Å². The molecular weight excluding hydrogens is 274 g/mol. The van der Waals surface area contributed by atoms with Crippen LogP contribution in [0.4, 0.5) is 10.5 Å². The number of nitrogens with zero attached hydrogens (tertiary/aromatic N) is 1. The largest absolute Gasteiger partial charge is 0.381 e. The van der Waals surface area contributed by atoms with E-state index in [4.69, 9.17) is 4.74 Å². The van der Waals surface area contributed by atoms with Crippen LogP contribution in [0, 0.1) is 10.1 Å². The molecule has 0 spiro atoms. The molecule has 0 atom stereocenters. The van der Waals surface area contributed by atoms with E-state index < -0.39 is 4.92 Å². The van der Waals surface area contributed by atoms with Gasteiger partial charge in [0.05, 0.1) is 4.92 Å². The molecule has 0 radical (unpaired) electrons. The Balaban J connectivity index is 1.68. The van der Waals surface area contributed by atoms with Crippen LogP contribution in [0.3, 0.4) is 0 Å². The monoisotopic (exact) mass is 293 g/mol. The number of hydrogen-bond acceptors (Lipinski definition) is 4. The van der Waals surface area contributed by atoms with Gasteiger partial charge in [-0.15, -0.1) is 0 Å². The first-order chi connectivity index (χ1) is 10.1. The summed E-state index contributed by atoms with van der Waals surface area (Å²) in [5.41, 5.74) is 1.02. The number of ether oxygens (including phenoxy) is 1. The van der Waals surface area contributed by atoms with Crippen molar-refractivity contribution < 1.29 is 14.5 Å². The first kappa shape index (κ1) is 15.2. The highest BCUT2D eigenvalue weighted by atomic mass is 16.6. The zero-order chi connectivity index (χ0) is 15.1. The molecule has 1 saturated heterocycles. The molecule has 114 valence electrons. The van der Waals surface area contributed by atoms with Gasteiger partial charge in [0.15, 0.2) is 0 Å². The molecular formula is C14H19N3O4. The van der Waals surface area contributed by atoms with Gasteiger partial charge in [0.1, 0.15) is 0 Å². The Labute approximate surface area is 122 Å². The van der Waals surface area contributed by atoms with Gasteiger partial charge in [0, 0.05) is 37.9 Å². The normalized spacial score (nSPS) is 15.4. The lowest BCUT2D eigenvalue weighted by atomic mass is 10.1. The lowest BCUT2D eigenvalue weighted by molar-refractivity contribution is -0.384. The Bertz CT molecular complexity index is 483. The number of hydrogen-bond donors (Lipinski definition) is 2. The van der Waals surface area contributed by atoms with Crippen LogP contribution in [-0.4, -0.2) is 36.8 Å². The molecule has 1 aromatic carbocycles. The average molecular weight is 293 g/mol. The van der Waals surface area contributed by atoms with Crippen LogP contribution in [0.2, 0.25) is 0 Å². The van der Waals surface area contributed by atoms with E-state index in [1.807, 2.05) is 0 Å². The second-order valence-electron chi connectivity index (χ2n) is 4.96. The highest BCUT2D eigenvalue weighted by Crippen LogP contribution is 2.12. The Morgan fingerprint density at radius 3 is 2.57 bits per heavy atom. The van der Waals surface area contributed by atoms with Crippen molar-refractivity contribution in [3.63, 3.8) is 0 Å². The van der Waals surface area contributed by atoms with Crippen LogP contribution in [0.5, 0.6) is 0 Å². The fourth-order valence-corrected chi connectivity index (χ4v) is 2.18. The first-order valence-electron chi connectivity index (χ1n) is 7.00. The Morgan fingerprint density at radius 2 is 1.95 bits per heavy atom. The summed E-state index contributed by atoms with van der Waals surface area (Å²) in [6, 6.07) is 6.35. The van der Waals surface area contributed by atoms with Gasteiger partial charge in [-0.1, -0.05) is 12.1 Å². The predicted molar refractivity (Wildman–Crippen MR) is 77.2 cm³/mol. The summed E-state index contributed by atoms with van der Waals surface area (Å²) in [4.78, 5) is 21.8. The van der Waals surface area contributed by atoms with Gasteiger partial charge in [-0.05, 0) is 24.8 Å². The summed E-state index contributed by atoms with van der Waals surface area (Å²) in [5, 5.41) is 16.2. The SMILES string of the molecule is O=C(NCCc1ccc([N+](=O)[O-])cc1)NC1CCOCC1. The second kappa shape index (κ2) is 7.58. The molecule has 1 aliphatic heterocycles. The molecule has 1 aromatic rings. The maximum atomic E-state index is 11.7. The van der Waals surface area contributed by atoms with Crippen LogP contribution < -0.4 is 10.6 Å². The van der Waals surface area contributed by atoms with Gasteiger partial charge in [0.2, 0.25) is 0 Å². The third-order valence-electron chi connectivity index (χ3n) is 3.40. The lowest BCUT2D eigenvalue weighted by Crippen LogP contribution is -2.44. The average Bonchev–Trinajstić information content (AvgIpc) is 2.49. The van der Waals surface area contributed by atoms with E-state index in [9.17, 15) is 14.9 Å². The zero-order valence-electron chi connectivity index (χ0n) is 11.7. The highest BCUT2D eigenvalue weighted by molar-refractivity contribution is 5.74. The summed E-state index contributed by atoms with van der Waals surface area (Å²) in [6.45, 7) is 1.87. The lowest BCUT2D eigenvalue weighted by Gasteiger charge is -2.23. The molecule has 0 bridgehead atoms. The molecule has 0 unspecified atom stereocenters. The molecule has 0 aliphatic carbocycles.